The predicted molar refractivity (Wildman–Crippen MR) is 78.3 cm³/mol. The van der Waals surface area contributed by atoms with Gasteiger partial charge in [0.25, 0.3) is 0 Å². The third kappa shape index (κ3) is 15.5. The molecular formula is C15H32N2. The zero-order valence-corrected chi connectivity index (χ0v) is 12.1. The van der Waals surface area contributed by atoms with E-state index in [1.54, 1.807) is 0 Å². The Kier molecular flexibility index (Phi) is 11.6. The summed E-state index contributed by atoms with van der Waals surface area (Å²) in [5, 5.41) is 6.73. The summed E-state index contributed by atoms with van der Waals surface area (Å²) in [6.07, 6.45) is 9.52. The topological polar surface area (TPSA) is 24.1 Å². The van der Waals surface area contributed by atoms with Crippen molar-refractivity contribution in [1.29, 1.82) is 0 Å². The monoisotopic (exact) mass is 240 g/mol. The van der Waals surface area contributed by atoms with E-state index in [0.29, 0.717) is 6.04 Å². The molecule has 0 spiro atoms. The van der Waals surface area contributed by atoms with Gasteiger partial charge in [0.05, 0.1) is 0 Å². The highest BCUT2D eigenvalue weighted by atomic mass is 14.9. The summed E-state index contributed by atoms with van der Waals surface area (Å²) in [6.45, 7) is 12.5. The van der Waals surface area contributed by atoms with E-state index in [4.69, 9.17) is 0 Å². The molecular weight excluding hydrogens is 208 g/mol. The average Bonchev–Trinajstić information content (AvgIpc) is 2.25. The summed E-state index contributed by atoms with van der Waals surface area (Å²) in [6, 6.07) is 0.635. The molecule has 0 rings (SSSR count). The van der Waals surface area contributed by atoms with Crippen LogP contribution in [0.25, 0.3) is 0 Å². The number of hydrogen-bond acceptors (Lipinski definition) is 2. The summed E-state index contributed by atoms with van der Waals surface area (Å²) in [5.41, 5.74) is 1.09. The fourth-order valence-corrected chi connectivity index (χ4v) is 1.83. The molecule has 0 saturated carbocycles. The van der Waals surface area contributed by atoms with Crippen molar-refractivity contribution in [3.05, 3.63) is 12.3 Å². The predicted octanol–water partition coefficient (Wildman–Crippen LogP) is 3.84. The number of allylic oxidation sites excluding steroid dienone is 1. The lowest BCUT2D eigenvalue weighted by Crippen LogP contribution is -2.23. The van der Waals surface area contributed by atoms with Crippen molar-refractivity contribution in [3.63, 3.8) is 0 Å². The lowest BCUT2D eigenvalue weighted by Gasteiger charge is -2.07. The van der Waals surface area contributed by atoms with Crippen LogP contribution in [0.15, 0.2) is 12.3 Å². The van der Waals surface area contributed by atoms with Crippen LogP contribution in [0, 0.1) is 0 Å². The number of nitrogens with one attached hydrogen (secondary N) is 2. The molecule has 0 unspecified atom stereocenters. The molecule has 2 heteroatoms. The zero-order chi connectivity index (χ0) is 12.9. The van der Waals surface area contributed by atoms with E-state index in [0.717, 1.165) is 12.2 Å². The molecule has 0 aliphatic rings. The van der Waals surface area contributed by atoms with E-state index in [-0.39, 0.29) is 0 Å². The highest BCUT2D eigenvalue weighted by Crippen LogP contribution is 2.06. The molecule has 0 aromatic rings. The zero-order valence-electron chi connectivity index (χ0n) is 12.1. The first-order chi connectivity index (χ1) is 8.13. The molecule has 0 aliphatic carbocycles. The fraction of sp³-hybridized carbons (Fsp3) is 0.867. The summed E-state index contributed by atoms with van der Waals surface area (Å²) in [7, 11) is 0. The standard InChI is InChI=1S/C15H32N2/c1-14(2)16-12-10-8-6-5-7-9-11-13-17-15(3)4/h15-17H,1,5-13H2,2-4H3. The van der Waals surface area contributed by atoms with Crippen LogP contribution in [0.5, 0.6) is 0 Å². The molecule has 0 saturated heterocycles. The molecule has 0 aliphatic heterocycles. The van der Waals surface area contributed by atoms with Crippen molar-refractivity contribution in [2.24, 2.45) is 0 Å². The number of unbranched alkanes of at least 4 members (excludes halogenated alkanes) is 6. The second kappa shape index (κ2) is 12.0. The molecule has 0 heterocycles. The van der Waals surface area contributed by atoms with Gasteiger partial charge in [0.1, 0.15) is 0 Å². The summed E-state index contributed by atoms with van der Waals surface area (Å²) in [4.78, 5) is 0. The Morgan fingerprint density at radius 1 is 0.882 bits per heavy atom. The van der Waals surface area contributed by atoms with Crippen molar-refractivity contribution in [3.8, 4) is 0 Å². The van der Waals surface area contributed by atoms with Crippen LogP contribution < -0.4 is 10.6 Å². The second-order valence-electron chi connectivity index (χ2n) is 5.29. The largest absolute Gasteiger partial charge is 0.389 e. The average molecular weight is 240 g/mol. The van der Waals surface area contributed by atoms with Crippen LogP contribution in [0.3, 0.4) is 0 Å². The van der Waals surface area contributed by atoms with E-state index in [9.17, 15) is 0 Å². The quantitative estimate of drug-likeness (QED) is 0.507. The highest BCUT2D eigenvalue weighted by molar-refractivity contribution is 4.83. The summed E-state index contributed by atoms with van der Waals surface area (Å²) < 4.78 is 0. The van der Waals surface area contributed by atoms with E-state index >= 15 is 0 Å². The van der Waals surface area contributed by atoms with Gasteiger partial charge in [-0.3, -0.25) is 0 Å². The molecule has 0 bridgehead atoms. The molecule has 0 aromatic heterocycles. The van der Waals surface area contributed by atoms with Crippen molar-refractivity contribution < 1.29 is 0 Å². The van der Waals surface area contributed by atoms with Gasteiger partial charge in [0.15, 0.2) is 0 Å². The lowest BCUT2D eigenvalue weighted by atomic mass is 10.1. The molecule has 0 atom stereocenters. The summed E-state index contributed by atoms with van der Waals surface area (Å²) in [5.74, 6) is 0. The minimum atomic E-state index is 0.635. The van der Waals surface area contributed by atoms with Gasteiger partial charge in [-0.15, -0.1) is 0 Å². The molecule has 102 valence electrons. The van der Waals surface area contributed by atoms with E-state index in [1.807, 2.05) is 6.92 Å². The van der Waals surface area contributed by atoms with Gasteiger partial charge in [0.2, 0.25) is 0 Å². The maximum Gasteiger partial charge on any atom is 0.0143 e. The lowest BCUT2D eigenvalue weighted by molar-refractivity contribution is 0.527. The van der Waals surface area contributed by atoms with Gasteiger partial charge < -0.3 is 10.6 Å². The fourth-order valence-electron chi connectivity index (χ4n) is 1.83. The van der Waals surface area contributed by atoms with Crippen LogP contribution in [-0.4, -0.2) is 19.1 Å². The first-order valence-corrected chi connectivity index (χ1v) is 7.25. The van der Waals surface area contributed by atoms with E-state index in [2.05, 4.69) is 31.1 Å². The molecule has 0 fully saturated rings. The Morgan fingerprint density at radius 3 is 1.82 bits per heavy atom. The molecule has 2 N–H and O–H groups in total. The normalized spacial score (nSPS) is 10.8. The third-order valence-corrected chi connectivity index (χ3v) is 2.83. The van der Waals surface area contributed by atoms with Crippen LogP contribution >= 0.6 is 0 Å². The SMILES string of the molecule is C=C(C)NCCCCCCCCCNC(C)C. The Hall–Kier alpha value is -0.500. The van der Waals surface area contributed by atoms with Crippen LogP contribution in [0.2, 0.25) is 0 Å². The Balaban J connectivity index is 2.96. The first kappa shape index (κ1) is 16.5. The highest BCUT2D eigenvalue weighted by Gasteiger charge is 1.93. The minimum absolute atomic E-state index is 0.635. The van der Waals surface area contributed by atoms with Gasteiger partial charge in [-0.25, -0.2) is 0 Å². The molecule has 0 aromatic carbocycles. The maximum absolute atomic E-state index is 3.83. The van der Waals surface area contributed by atoms with E-state index in [1.165, 1.54) is 51.5 Å². The Morgan fingerprint density at radius 2 is 1.35 bits per heavy atom. The smallest absolute Gasteiger partial charge is 0.0143 e. The minimum Gasteiger partial charge on any atom is -0.389 e. The molecule has 0 radical (unpaired) electrons. The Bertz CT molecular complexity index is 176. The van der Waals surface area contributed by atoms with Gasteiger partial charge in [-0.1, -0.05) is 52.5 Å². The van der Waals surface area contributed by atoms with Crippen LogP contribution in [0.4, 0.5) is 0 Å². The maximum atomic E-state index is 3.83. The third-order valence-electron chi connectivity index (χ3n) is 2.83. The molecule has 2 nitrogen and oxygen atoms in total. The number of hydrogen-bond donors (Lipinski definition) is 2. The second-order valence-corrected chi connectivity index (χ2v) is 5.29. The first-order valence-electron chi connectivity index (χ1n) is 7.25. The van der Waals surface area contributed by atoms with Crippen molar-refractivity contribution in [2.75, 3.05) is 13.1 Å². The van der Waals surface area contributed by atoms with Gasteiger partial charge in [0, 0.05) is 18.3 Å². The van der Waals surface area contributed by atoms with E-state index < -0.39 is 0 Å². The van der Waals surface area contributed by atoms with Crippen molar-refractivity contribution >= 4 is 0 Å². The van der Waals surface area contributed by atoms with Crippen molar-refractivity contribution in [2.45, 2.75) is 71.8 Å². The van der Waals surface area contributed by atoms with Gasteiger partial charge in [-0.05, 0) is 26.3 Å². The van der Waals surface area contributed by atoms with Crippen molar-refractivity contribution in [1.82, 2.24) is 10.6 Å². The van der Waals surface area contributed by atoms with Gasteiger partial charge in [-0.2, -0.15) is 0 Å². The Labute approximate surface area is 108 Å². The number of rotatable bonds is 12. The van der Waals surface area contributed by atoms with Gasteiger partial charge >= 0.3 is 0 Å². The molecule has 0 amide bonds. The summed E-state index contributed by atoms with van der Waals surface area (Å²) >= 11 is 0. The van der Waals surface area contributed by atoms with Crippen LogP contribution in [-0.2, 0) is 0 Å². The van der Waals surface area contributed by atoms with Crippen LogP contribution in [0.1, 0.15) is 65.7 Å². The molecule has 17 heavy (non-hydrogen) atoms.